The van der Waals surface area contributed by atoms with E-state index in [1.807, 2.05) is 6.92 Å². The fraction of sp³-hybridized carbons (Fsp3) is 0.846. The maximum absolute atomic E-state index is 12.3. The van der Waals surface area contributed by atoms with Gasteiger partial charge in [0.25, 0.3) is 0 Å². The molecule has 2 heterocycles. The molecule has 0 saturated carbocycles. The highest BCUT2D eigenvalue weighted by atomic mass is 16.5. The Labute approximate surface area is 113 Å². The summed E-state index contributed by atoms with van der Waals surface area (Å²) < 4.78 is 5.55. The second-order valence-electron chi connectivity index (χ2n) is 5.47. The number of nitrogens with two attached hydrogens (primary N) is 1. The van der Waals surface area contributed by atoms with E-state index in [0.29, 0.717) is 26.1 Å². The van der Waals surface area contributed by atoms with Crippen molar-refractivity contribution in [2.45, 2.75) is 38.3 Å². The van der Waals surface area contributed by atoms with Crippen molar-refractivity contribution < 1.29 is 14.3 Å². The Morgan fingerprint density at radius 3 is 2.84 bits per heavy atom. The summed E-state index contributed by atoms with van der Waals surface area (Å²) in [5.41, 5.74) is 5.35. The number of piperidine rings is 1. The molecular formula is C13H23N3O3. The van der Waals surface area contributed by atoms with Crippen LogP contribution in [0.4, 0.5) is 0 Å². The molecule has 2 fully saturated rings. The first-order valence-corrected chi connectivity index (χ1v) is 6.99. The first-order chi connectivity index (χ1) is 9.08. The monoisotopic (exact) mass is 269 g/mol. The molecule has 2 saturated heterocycles. The number of carbonyl (C=O) groups is 2. The summed E-state index contributed by atoms with van der Waals surface area (Å²) >= 11 is 0. The summed E-state index contributed by atoms with van der Waals surface area (Å²) in [4.78, 5) is 25.4. The molecule has 0 aromatic heterocycles. The van der Waals surface area contributed by atoms with E-state index in [-0.39, 0.29) is 29.9 Å². The Kier molecular flexibility index (Phi) is 4.76. The van der Waals surface area contributed by atoms with Crippen LogP contribution in [-0.2, 0) is 14.3 Å². The molecule has 2 rings (SSSR count). The van der Waals surface area contributed by atoms with Crippen molar-refractivity contribution in [3.8, 4) is 0 Å². The number of rotatable bonds is 3. The quantitative estimate of drug-likeness (QED) is 0.722. The molecular weight excluding hydrogens is 246 g/mol. The Bertz CT molecular complexity index is 342. The average Bonchev–Trinajstić information content (AvgIpc) is 2.40. The first kappa shape index (κ1) is 14.3. The third kappa shape index (κ3) is 3.67. The van der Waals surface area contributed by atoms with Gasteiger partial charge in [0.1, 0.15) is 0 Å². The summed E-state index contributed by atoms with van der Waals surface area (Å²) in [6, 6.07) is 0.180. The van der Waals surface area contributed by atoms with Crippen LogP contribution < -0.4 is 11.1 Å². The fourth-order valence-corrected chi connectivity index (χ4v) is 2.75. The van der Waals surface area contributed by atoms with E-state index in [9.17, 15) is 9.59 Å². The van der Waals surface area contributed by atoms with Gasteiger partial charge in [-0.3, -0.25) is 9.59 Å². The molecule has 6 nitrogen and oxygen atoms in total. The van der Waals surface area contributed by atoms with Crippen LogP contribution in [0.5, 0.6) is 0 Å². The second-order valence-corrected chi connectivity index (χ2v) is 5.47. The number of hydrogen-bond acceptors (Lipinski definition) is 4. The van der Waals surface area contributed by atoms with Crippen LogP contribution >= 0.6 is 0 Å². The lowest BCUT2D eigenvalue weighted by molar-refractivity contribution is -0.140. The Hall–Kier alpha value is -1.14. The van der Waals surface area contributed by atoms with Gasteiger partial charge in [-0.25, -0.2) is 0 Å². The molecule has 0 bridgehead atoms. The van der Waals surface area contributed by atoms with E-state index >= 15 is 0 Å². The predicted molar refractivity (Wildman–Crippen MR) is 70.3 cm³/mol. The summed E-state index contributed by atoms with van der Waals surface area (Å²) in [7, 11) is 0. The highest BCUT2D eigenvalue weighted by Crippen LogP contribution is 2.23. The molecule has 0 spiro atoms. The van der Waals surface area contributed by atoms with Gasteiger partial charge in [0, 0.05) is 25.7 Å². The minimum absolute atomic E-state index is 0.0533. The van der Waals surface area contributed by atoms with Crippen LogP contribution in [0.25, 0.3) is 0 Å². The summed E-state index contributed by atoms with van der Waals surface area (Å²) in [6.07, 6.45) is 1.94. The molecule has 2 amide bonds. The minimum atomic E-state index is -0.305. The molecule has 3 atom stereocenters. The van der Waals surface area contributed by atoms with Crippen LogP contribution in [0.15, 0.2) is 0 Å². The van der Waals surface area contributed by atoms with Gasteiger partial charge in [-0.1, -0.05) is 0 Å². The van der Waals surface area contributed by atoms with Crippen molar-refractivity contribution in [1.82, 2.24) is 10.2 Å². The third-order valence-electron chi connectivity index (χ3n) is 4.01. The lowest BCUT2D eigenvalue weighted by atomic mass is 9.92. The average molecular weight is 269 g/mol. The number of ether oxygens (including phenoxy) is 1. The van der Waals surface area contributed by atoms with Gasteiger partial charge in [-0.15, -0.1) is 0 Å². The van der Waals surface area contributed by atoms with Crippen molar-refractivity contribution in [1.29, 1.82) is 0 Å². The van der Waals surface area contributed by atoms with E-state index < -0.39 is 0 Å². The highest BCUT2D eigenvalue weighted by Gasteiger charge is 2.32. The first-order valence-electron chi connectivity index (χ1n) is 6.99. The molecule has 6 heteroatoms. The number of carbonyl (C=O) groups excluding carboxylic acids is 2. The zero-order valence-corrected chi connectivity index (χ0v) is 11.4. The van der Waals surface area contributed by atoms with Crippen LogP contribution in [0.2, 0.25) is 0 Å². The molecule has 2 aliphatic heterocycles. The van der Waals surface area contributed by atoms with Crippen molar-refractivity contribution in [3.05, 3.63) is 0 Å². The smallest absolute Gasteiger partial charge is 0.225 e. The third-order valence-corrected chi connectivity index (χ3v) is 4.01. The topological polar surface area (TPSA) is 84.7 Å². The lowest BCUT2D eigenvalue weighted by Crippen LogP contribution is -2.50. The molecule has 19 heavy (non-hydrogen) atoms. The van der Waals surface area contributed by atoms with Crippen molar-refractivity contribution in [2.24, 2.45) is 11.7 Å². The van der Waals surface area contributed by atoms with Crippen LogP contribution in [0, 0.1) is 5.92 Å². The van der Waals surface area contributed by atoms with Crippen molar-refractivity contribution in [3.63, 3.8) is 0 Å². The second kappa shape index (κ2) is 6.34. The van der Waals surface area contributed by atoms with E-state index in [1.54, 1.807) is 4.90 Å². The number of nitrogens with zero attached hydrogens (tertiary/aromatic N) is 1. The Morgan fingerprint density at radius 1 is 1.42 bits per heavy atom. The number of amides is 2. The summed E-state index contributed by atoms with van der Waals surface area (Å²) in [6.45, 7) is 4.68. The van der Waals surface area contributed by atoms with Crippen molar-refractivity contribution >= 4 is 11.8 Å². The number of nitrogens with one attached hydrogen (secondary N) is 1. The van der Waals surface area contributed by atoms with Crippen molar-refractivity contribution in [2.75, 3.05) is 26.2 Å². The zero-order valence-electron chi connectivity index (χ0n) is 11.4. The normalized spacial score (nSPS) is 32.1. The van der Waals surface area contributed by atoms with Crippen LogP contribution in [0.3, 0.4) is 0 Å². The number of likely N-dealkylation sites (tertiary alicyclic amines) is 1. The molecule has 3 N–H and O–H groups in total. The van der Waals surface area contributed by atoms with Gasteiger partial charge >= 0.3 is 0 Å². The molecule has 108 valence electrons. The van der Waals surface area contributed by atoms with Gasteiger partial charge in [-0.05, 0) is 19.8 Å². The number of primary amides is 1. The molecule has 3 unspecified atom stereocenters. The maximum atomic E-state index is 12.3. The maximum Gasteiger partial charge on any atom is 0.225 e. The predicted octanol–water partition coefficient (Wildman–Crippen LogP) is -0.523. The minimum Gasteiger partial charge on any atom is -0.375 e. The van der Waals surface area contributed by atoms with E-state index in [1.165, 1.54) is 0 Å². The highest BCUT2D eigenvalue weighted by molar-refractivity contribution is 5.80. The van der Waals surface area contributed by atoms with Gasteiger partial charge < -0.3 is 20.7 Å². The summed E-state index contributed by atoms with van der Waals surface area (Å²) in [5.74, 6) is -0.446. The fourth-order valence-electron chi connectivity index (χ4n) is 2.75. The SMILES string of the molecule is CC1CCC(C(N)=O)CN1C(=O)CC1CNCCO1. The number of morpholine rings is 1. The Balaban J connectivity index is 1.90. The molecule has 2 aliphatic rings. The number of hydrogen-bond donors (Lipinski definition) is 2. The van der Waals surface area contributed by atoms with E-state index in [2.05, 4.69) is 5.32 Å². The molecule has 0 aliphatic carbocycles. The van der Waals surface area contributed by atoms with Crippen LogP contribution in [-0.4, -0.2) is 55.1 Å². The standard InChI is InChI=1S/C13H23N3O3/c1-9-2-3-10(13(14)18)8-16(9)12(17)6-11-7-15-4-5-19-11/h9-11,15H,2-8H2,1H3,(H2,14,18). The zero-order chi connectivity index (χ0) is 13.8. The lowest BCUT2D eigenvalue weighted by Gasteiger charge is -2.38. The largest absolute Gasteiger partial charge is 0.375 e. The van der Waals surface area contributed by atoms with Gasteiger partial charge in [-0.2, -0.15) is 0 Å². The van der Waals surface area contributed by atoms with E-state index in [0.717, 1.165) is 19.4 Å². The Morgan fingerprint density at radius 2 is 2.21 bits per heavy atom. The molecule has 0 aromatic carbocycles. The van der Waals surface area contributed by atoms with Crippen LogP contribution in [0.1, 0.15) is 26.2 Å². The van der Waals surface area contributed by atoms with Gasteiger partial charge in [0.2, 0.25) is 11.8 Å². The van der Waals surface area contributed by atoms with Gasteiger partial charge in [0.15, 0.2) is 0 Å². The summed E-state index contributed by atoms with van der Waals surface area (Å²) in [5, 5.41) is 3.21. The van der Waals surface area contributed by atoms with E-state index in [4.69, 9.17) is 10.5 Å². The molecule has 0 radical (unpaired) electrons. The van der Waals surface area contributed by atoms with Gasteiger partial charge in [0.05, 0.1) is 25.0 Å². The molecule has 0 aromatic rings.